The average Bonchev–Trinajstić information content (AvgIpc) is 3.08. The minimum atomic E-state index is -0.160. The number of fused-ring (bicyclic) bond motifs is 1. The summed E-state index contributed by atoms with van der Waals surface area (Å²) < 4.78 is 0. The second kappa shape index (κ2) is 8.18. The zero-order chi connectivity index (χ0) is 17.6. The van der Waals surface area contributed by atoms with Gasteiger partial charge in [-0.25, -0.2) is 0 Å². The Labute approximate surface area is 151 Å². The van der Waals surface area contributed by atoms with E-state index in [2.05, 4.69) is 11.4 Å². The molecule has 2 aromatic rings. The molecule has 0 fully saturated rings. The molecule has 2 aromatic carbocycles. The van der Waals surface area contributed by atoms with E-state index in [-0.39, 0.29) is 11.8 Å². The third kappa shape index (κ3) is 4.03. The number of hydrogen-bond acceptors (Lipinski definition) is 4. The van der Waals surface area contributed by atoms with Crippen molar-refractivity contribution in [3.63, 3.8) is 0 Å². The number of carbonyl (C=O) groups is 2. The lowest BCUT2D eigenvalue weighted by Gasteiger charge is -2.17. The van der Waals surface area contributed by atoms with Crippen molar-refractivity contribution in [3.05, 3.63) is 59.7 Å². The van der Waals surface area contributed by atoms with Crippen molar-refractivity contribution >= 4 is 29.3 Å². The van der Waals surface area contributed by atoms with Crippen molar-refractivity contribution in [1.29, 1.82) is 0 Å². The zero-order valence-corrected chi connectivity index (χ0v) is 14.7. The van der Waals surface area contributed by atoms with Crippen LogP contribution in [0.2, 0.25) is 0 Å². The molecule has 3 rings (SSSR count). The molecule has 1 aliphatic heterocycles. The normalized spacial score (nSPS) is 12.8. The summed E-state index contributed by atoms with van der Waals surface area (Å²) in [5, 5.41) is 2.77. The van der Waals surface area contributed by atoms with Crippen LogP contribution in [0.1, 0.15) is 15.9 Å². The van der Waals surface area contributed by atoms with Gasteiger partial charge in [-0.05, 0) is 30.2 Å². The van der Waals surface area contributed by atoms with Crippen LogP contribution in [0.15, 0.2) is 53.4 Å². The highest BCUT2D eigenvalue weighted by atomic mass is 32.2. The maximum Gasteiger partial charge on any atom is 0.252 e. The van der Waals surface area contributed by atoms with Gasteiger partial charge < -0.3 is 16.0 Å². The molecule has 25 heavy (non-hydrogen) atoms. The fourth-order valence-corrected chi connectivity index (χ4v) is 3.80. The highest BCUT2D eigenvalue weighted by molar-refractivity contribution is 8.00. The highest BCUT2D eigenvalue weighted by Gasteiger charge is 2.24. The summed E-state index contributed by atoms with van der Waals surface area (Å²) in [6, 6.07) is 15.3. The lowest BCUT2D eigenvalue weighted by Crippen LogP contribution is -2.31. The first kappa shape index (κ1) is 17.5. The van der Waals surface area contributed by atoms with Gasteiger partial charge in [0.25, 0.3) is 5.91 Å². The molecule has 0 saturated heterocycles. The average molecular weight is 355 g/mol. The zero-order valence-electron chi connectivity index (χ0n) is 13.9. The molecule has 0 aromatic heterocycles. The van der Waals surface area contributed by atoms with Crippen LogP contribution in [0, 0.1) is 0 Å². The van der Waals surface area contributed by atoms with Crippen LogP contribution in [0.4, 0.5) is 5.69 Å². The van der Waals surface area contributed by atoms with Crippen molar-refractivity contribution in [2.75, 3.05) is 30.3 Å². The Hall–Kier alpha value is -2.31. The number of nitrogens with one attached hydrogen (secondary N) is 1. The number of benzene rings is 2. The van der Waals surface area contributed by atoms with E-state index in [1.165, 1.54) is 17.3 Å². The van der Waals surface area contributed by atoms with Gasteiger partial charge in [-0.15, -0.1) is 11.8 Å². The van der Waals surface area contributed by atoms with Crippen LogP contribution < -0.4 is 16.0 Å². The second-order valence-corrected chi connectivity index (χ2v) is 6.77. The molecule has 0 atom stereocenters. The fraction of sp³-hybridized carbons (Fsp3) is 0.263. The predicted octanol–water partition coefficient (Wildman–Crippen LogP) is 2.06. The molecule has 0 bridgehead atoms. The van der Waals surface area contributed by atoms with E-state index < -0.39 is 0 Å². The molecule has 1 heterocycles. The maximum atomic E-state index is 12.6. The maximum absolute atomic E-state index is 12.6. The number of nitrogens with two attached hydrogens (primary N) is 1. The van der Waals surface area contributed by atoms with Gasteiger partial charge in [0.2, 0.25) is 5.91 Å². The Balaban J connectivity index is 1.66. The lowest BCUT2D eigenvalue weighted by atomic mass is 10.2. The lowest BCUT2D eigenvalue weighted by molar-refractivity contribution is -0.116. The largest absolute Gasteiger partial charge is 0.351 e. The van der Waals surface area contributed by atoms with E-state index in [1.54, 1.807) is 6.07 Å². The SMILES string of the molecule is NCCNC(=O)c1ccccc1SCC(=O)N1CCc2ccccc21. The third-order valence-corrected chi connectivity index (χ3v) is 5.16. The van der Waals surface area contributed by atoms with E-state index in [1.807, 2.05) is 41.3 Å². The number of nitrogens with zero attached hydrogens (tertiary/aromatic N) is 1. The number of amides is 2. The summed E-state index contributed by atoms with van der Waals surface area (Å²) in [5.74, 6) is 0.204. The number of thioether (sulfide) groups is 1. The van der Waals surface area contributed by atoms with Gasteiger partial charge in [0, 0.05) is 30.2 Å². The van der Waals surface area contributed by atoms with E-state index in [4.69, 9.17) is 5.73 Å². The first-order valence-corrected chi connectivity index (χ1v) is 9.27. The molecule has 130 valence electrons. The van der Waals surface area contributed by atoms with E-state index in [9.17, 15) is 9.59 Å². The molecular weight excluding hydrogens is 334 g/mol. The van der Waals surface area contributed by atoms with Gasteiger partial charge in [-0.3, -0.25) is 9.59 Å². The van der Waals surface area contributed by atoms with Crippen LogP contribution in [-0.2, 0) is 11.2 Å². The third-order valence-electron chi connectivity index (χ3n) is 4.10. The summed E-state index contributed by atoms with van der Waals surface area (Å²) in [4.78, 5) is 27.5. The number of anilines is 1. The molecule has 0 unspecified atom stereocenters. The Morgan fingerprint density at radius 3 is 2.72 bits per heavy atom. The summed E-state index contributed by atoms with van der Waals surface area (Å²) in [6.45, 7) is 1.55. The molecule has 0 saturated carbocycles. The predicted molar refractivity (Wildman–Crippen MR) is 101 cm³/mol. The fourth-order valence-electron chi connectivity index (χ4n) is 2.88. The quantitative estimate of drug-likeness (QED) is 0.778. The van der Waals surface area contributed by atoms with Crippen LogP contribution in [0.25, 0.3) is 0 Å². The smallest absolute Gasteiger partial charge is 0.252 e. The minimum absolute atomic E-state index is 0.0621. The summed E-state index contributed by atoms with van der Waals surface area (Å²) in [5.41, 5.74) is 8.22. The number of carbonyl (C=O) groups excluding carboxylic acids is 2. The number of rotatable bonds is 6. The number of hydrogen-bond donors (Lipinski definition) is 2. The first-order valence-electron chi connectivity index (χ1n) is 8.29. The van der Waals surface area contributed by atoms with Crippen molar-refractivity contribution in [1.82, 2.24) is 5.32 Å². The molecule has 2 amide bonds. The van der Waals surface area contributed by atoms with Gasteiger partial charge >= 0.3 is 0 Å². The van der Waals surface area contributed by atoms with Crippen LogP contribution in [0.3, 0.4) is 0 Å². The summed E-state index contributed by atoms with van der Waals surface area (Å²) >= 11 is 1.40. The molecule has 3 N–H and O–H groups in total. The molecule has 0 spiro atoms. The molecule has 5 nitrogen and oxygen atoms in total. The molecule has 0 radical (unpaired) electrons. The standard InChI is InChI=1S/C19H21N3O2S/c20-10-11-21-19(24)15-6-2-4-8-17(15)25-13-18(23)22-12-9-14-5-1-3-7-16(14)22/h1-8H,9-13,20H2,(H,21,24). The van der Waals surface area contributed by atoms with Crippen molar-refractivity contribution in [3.8, 4) is 0 Å². The van der Waals surface area contributed by atoms with Gasteiger partial charge in [0.15, 0.2) is 0 Å². The Bertz CT molecular complexity index is 779. The highest BCUT2D eigenvalue weighted by Crippen LogP contribution is 2.29. The van der Waals surface area contributed by atoms with E-state index >= 15 is 0 Å². The van der Waals surface area contributed by atoms with E-state index in [0.717, 1.165) is 23.5 Å². The van der Waals surface area contributed by atoms with Crippen LogP contribution in [0.5, 0.6) is 0 Å². The first-order chi connectivity index (χ1) is 12.2. The topological polar surface area (TPSA) is 75.4 Å². The Kier molecular flexibility index (Phi) is 5.73. The Morgan fingerprint density at radius 2 is 1.88 bits per heavy atom. The van der Waals surface area contributed by atoms with Gasteiger partial charge in [0.05, 0.1) is 11.3 Å². The van der Waals surface area contributed by atoms with Crippen molar-refractivity contribution < 1.29 is 9.59 Å². The summed E-state index contributed by atoms with van der Waals surface area (Å²) in [7, 11) is 0. The number of para-hydroxylation sites is 1. The molecule has 0 aliphatic carbocycles. The molecule has 6 heteroatoms. The van der Waals surface area contributed by atoms with Gasteiger partial charge in [-0.1, -0.05) is 30.3 Å². The molecular formula is C19H21N3O2S. The summed E-state index contributed by atoms with van der Waals surface area (Å²) in [6.07, 6.45) is 0.894. The van der Waals surface area contributed by atoms with Crippen molar-refractivity contribution in [2.24, 2.45) is 5.73 Å². The van der Waals surface area contributed by atoms with Crippen LogP contribution in [-0.4, -0.2) is 37.2 Å². The minimum Gasteiger partial charge on any atom is -0.351 e. The molecule has 1 aliphatic rings. The van der Waals surface area contributed by atoms with Crippen molar-refractivity contribution in [2.45, 2.75) is 11.3 Å². The van der Waals surface area contributed by atoms with Gasteiger partial charge in [-0.2, -0.15) is 0 Å². The second-order valence-electron chi connectivity index (χ2n) is 5.75. The van der Waals surface area contributed by atoms with Crippen LogP contribution >= 0.6 is 11.8 Å². The monoisotopic (exact) mass is 355 g/mol. The van der Waals surface area contributed by atoms with Gasteiger partial charge in [0.1, 0.15) is 0 Å². The Morgan fingerprint density at radius 1 is 1.12 bits per heavy atom. The van der Waals surface area contributed by atoms with E-state index in [0.29, 0.717) is 24.4 Å².